The molecule has 5 nitrogen and oxygen atoms in total. The van der Waals surface area contributed by atoms with Crippen LogP contribution in [0.2, 0.25) is 0 Å². The summed E-state index contributed by atoms with van der Waals surface area (Å²) >= 11 is 0. The average molecular weight is 267 g/mol. The highest BCUT2D eigenvalue weighted by Gasteiger charge is 2.09. The Labute approximate surface area is 115 Å². The minimum Gasteiger partial charge on any atom is -0.465 e. The fraction of sp³-hybridized carbons (Fsp3) is 0.0667. The number of carbonyl (C=O) groups is 1. The standard InChI is InChI=1S/C15H13N3O2/c1-20-15(19)11-4-7-14-17-13(9-18(14)8-11)10-2-5-12(16)6-3-10/h2-9H,16H2,1H3. The van der Waals surface area contributed by atoms with Crippen LogP contribution in [0.4, 0.5) is 5.69 Å². The molecule has 0 aliphatic heterocycles. The van der Waals surface area contributed by atoms with E-state index < -0.39 is 0 Å². The van der Waals surface area contributed by atoms with Gasteiger partial charge in [0.05, 0.1) is 18.4 Å². The number of fused-ring (bicyclic) bond motifs is 1. The van der Waals surface area contributed by atoms with Crippen molar-refractivity contribution in [1.29, 1.82) is 0 Å². The first-order chi connectivity index (χ1) is 9.67. The lowest BCUT2D eigenvalue weighted by Gasteiger charge is -1.99. The number of ether oxygens (including phenoxy) is 1. The topological polar surface area (TPSA) is 69.6 Å². The van der Waals surface area contributed by atoms with Gasteiger partial charge < -0.3 is 14.9 Å². The van der Waals surface area contributed by atoms with Crippen molar-refractivity contribution in [2.45, 2.75) is 0 Å². The molecule has 0 aliphatic carbocycles. The van der Waals surface area contributed by atoms with Gasteiger partial charge in [-0.15, -0.1) is 0 Å². The van der Waals surface area contributed by atoms with Gasteiger partial charge in [-0.1, -0.05) is 12.1 Å². The molecular formula is C15H13N3O2. The van der Waals surface area contributed by atoms with Crippen LogP contribution < -0.4 is 5.73 Å². The number of esters is 1. The molecule has 2 N–H and O–H groups in total. The molecule has 0 fully saturated rings. The monoisotopic (exact) mass is 267 g/mol. The van der Waals surface area contributed by atoms with Gasteiger partial charge in [0, 0.05) is 23.6 Å². The molecule has 0 atom stereocenters. The Hall–Kier alpha value is -2.82. The van der Waals surface area contributed by atoms with Crippen molar-refractivity contribution in [3.8, 4) is 11.3 Å². The molecule has 3 aromatic rings. The highest BCUT2D eigenvalue weighted by molar-refractivity contribution is 5.89. The van der Waals surface area contributed by atoms with Crippen LogP contribution >= 0.6 is 0 Å². The van der Waals surface area contributed by atoms with Crippen molar-refractivity contribution in [1.82, 2.24) is 9.38 Å². The van der Waals surface area contributed by atoms with E-state index in [-0.39, 0.29) is 5.97 Å². The molecule has 5 heteroatoms. The first-order valence-corrected chi connectivity index (χ1v) is 6.10. The molecule has 3 rings (SSSR count). The van der Waals surface area contributed by atoms with E-state index in [1.165, 1.54) is 7.11 Å². The number of methoxy groups -OCH3 is 1. The van der Waals surface area contributed by atoms with Crippen LogP contribution in [-0.4, -0.2) is 22.5 Å². The SMILES string of the molecule is COC(=O)c1ccc2nc(-c3ccc(N)cc3)cn2c1. The molecule has 1 aromatic carbocycles. The number of hydrogen-bond acceptors (Lipinski definition) is 4. The maximum atomic E-state index is 11.5. The summed E-state index contributed by atoms with van der Waals surface area (Å²) in [6.45, 7) is 0. The lowest BCUT2D eigenvalue weighted by molar-refractivity contribution is 0.0600. The zero-order chi connectivity index (χ0) is 14.1. The molecular weight excluding hydrogens is 254 g/mol. The summed E-state index contributed by atoms with van der Waals surface area (Å²) in [5.41, 5.74) is 9.44. The number of imidazole rings is 1. The van der Waals surface area contributed by atoms with Crippen molar-refractivity contribution in [3.63, 3.8) is 0 Å². The normalized spacial score (nSPS) is 10.7. The second kappa shape index (κ2) is 4.70. The van der Waals surface area contributed by atoms with Gasteiger partial charge >= 0.3 is 5.97 Å². The molecule has 2 heterocycles. The number of rotatable bonds is 2. The maximum Gasteiger partial charge on any atom is 0.339 e. The third-order valence-electron chi connectivity index (χ3n) is 3.08. The summed E-state index contributed by atoms with van der Waals surface area (Å²) in [5, 5.41) is 0. The van der Waals surface area contributed by atoms with Gasteiger partial charge in [0.15, 0.2) is 0 Å². The molecule has 0 unspecified atom stereocenters. The number of aromatic nitrogens is 2. The Balaban J connectivity index is 2.06. The quantitative estimate of drug-likeness (QED) is 0.571. The first kappa shape index (κ1) is 12.2. The summed E-state index contributed by atoms with van der Waals surface area (Å²) < 4.78 is 6.51. The minimum absolute atomic E-state index is 0.366. The number of benzene rings is 1. The van der Waals surface area contributed by atoms with Crippen molar-refractivity contribution in [3.05, 3.63) is 54.4 Å². The summed E-state index contributed by atoms with van der Waals surface area (Å²) in [7, 11) is 1.36. The number of pyridine rings is 1. The minimum atomic E-state index is -0.366. The van der Waals surface area contributed by atoms with Crippen LogP contribution in [0.5, 0.6) is 0 Å². The third kappa shape index (κ3) is 2.09. The van der Waals surface area contributed by atoms with Crippen LogP contribution in [0.25, 0.3) is 16.9 Å². The van der Waals surface area contributed by atoms with Crippen LogP contribution in [-0.2, 0) is 4.74 Å². The largest absolute Gasteiger partial charge is 0.465 e. The number of nitrogens with zero attached hydrogens (tertiary/aromatic N) is 2. The summed E-state index contributed by atoms with van der Waals surface area (Å²) in [4.78, 5) is 16.0. The lowest BCUT2D eigenvalue weighted by atomic mass is 10.1. The van der Waals surface area contributed by atoms with Crippen LogP contribution in [0.1, 0.15) is 10.4 Å². The Morgan fingerprint density at radius 1 is 1.15 bits per heavy atom. The van der Waals surface area contributed by atoms with E-state index in [9.17, 15) is 4.79 Å². The summed E-state index contributed by atoms with van der Waals surface area (Å²) in [6, 6.07) is 11.0. The Morgan fingerprint density at radius 2 is 1.90 bits per heavy atom. The van der Waals surface area contributed by atoms with Gasteiger partial charge in [0.2, 0.25) is 0 Å². The van der Waals surface area contributed by atoms with Gasteiger partial charge in [-0.05, 0) is 24.3 Å². The number of nitrogen functional groups attached to an aromatic ring is 1. The number of anilines is 1. The van der Waals surface area contributed by atoms with Crippen molar-refractivity contribution in [2.75, 3.05) is 12.8 Å². The van der Waals surface area contributed by atoms with Crippen molar-refractivity contribution in [2.24, 2.45) is 0 Å². The Bertz CT molecular complexity index is 775. The van der Waals surface area contributed by atoms with Gasteiger partial charge in [-0.25, -0.2) is 9.78 Å². The maximum absolute atomic E-state index is 11.5. The van der Waals surface area contributed by atoms with Gasteiger partial charge in [-0.2, -0.15) is 0 Å². The smallest absolute Gasteiger partial charge is 0.339 e. The lowest BCUT2D eigenvalue weighted by Crippen LogP contribution is -2.02. The highest BCUT2D eigenvalue weighted by Crippen LogP contribution is 2.20. The van der Waals surface area contributed by atoms with Gasteiger partial charge in [-0.3, -0.25) is 0 Å². The van der Waals surface area contributed by atoms with Crippen LogP contribution in [0.15, 0.2) is 48.8 Å². The molecule has 100 valence electrons. The fourth-order valence-electron chi connectivity index (χ4n) is 2.02. The predicted molar refractivity (Wildman–Crippen MR) is 76.4 cm³/mol. The first-order valence-electron chi connectivity index (χ1n) is 6.10. The van der Waals surface area contributed by atoms with E-state index >= 15 is 0 Å². The molecule has 0 aliphatic rings. The molecule has 0 radical (unpaired) electrons. The van der Waals surface area contributed by atoms with E-state index in [0.29, 0.717) is 11.3 Å². The zero-order valence-electron chi connectivity index (χ0n) is 10.9. The predicted octanol–water partition coefficient (Wildman–Crippen LogP) is 2.37. The Morgan fingerprint density at radius 3 is 2.60 bits per heavy atom. The fourth-order valence-corrected chi connectivity index (χ4v) is 2.02. The van der Waals surface area contributed by atoms with E-state index in [0.717, 1.165) is 16.9 Å². The third-order valence-corrected chi connectivity index (χ3v) is 3.08. The number of carbonyl (C=O) groups excluding carboxylic acids is 1. The van der Waals surface area contributed by atoms with E-state index in [2.05, 4.69) is 4.98 Å². The molecule has 0 amide bonds. The molecule has 2 aromatic heterocycles. The van der Waals surface area contributed by atoms with Gasteiger partial charge in [0.1, 0.15) is 5.65 Å². The molecule has 0 spiro atoms. The van der Waals surface area contributed by atoms with E-state index in [1.807, 2.05) is 30.5 Å². The Kier molecular flexibility index (Phi) is 2.87. The van der Waals surface area contributed by atoms with Crippen LogP contribution in [0.3, 0.4) is 0 Å². The molecule has 0 saturated heterocycles. The van der Waals surface area contributed by atoms with Crippen molar-refractivity contribution >= 4 is 17.3 Å². The van der Waals surface area contributed by atoms with Crippen molar-refractivity contribution < 1.29 is 9.53 Å². The summed E-state index contributed by atoms with van der Waals surface area (Å²) in [6.07, 6.45) is 3.57. The second-order valence-corrected chi connectivity index (χ2v) is 4.42. The van der Waals surface area contributed by atoms with Gasteiger partial charge in [0.25, 0.3) is 0 Å². The molecule has 0 bridgehead atoms. The zero-order valence-corrected chi connectivity index (χ0v) is 10.9. The van der Waals surface area contributed by atoms with E-state index in [1.54, 1.807) is 22.7 Å². The summed E-state index contributed by atoms with van der Waals surface area (Å²) in [5.74, 6) is -0.366. The molecule has 0 saturated carbocycles. The second-order valence-electron chi connectivity index (χ2n) is 4.42. The average Bonchev–Trinajstić information content (AvgIpc) is 2.90. The van der Waals surface area contributed by atoms with Crippen LogP contribution in [0, 0.1) is 0 Å². The number of hydrogen-bond donors (Lipinski definition) is 1. The van der Waals surface area contributed by atoms with E-state index in [4.69, 9.17) is 10.5 Å². The number of nitrogens with two attached hydrogens (primary N) is 1. The highest BCUT2D eigenvalue weighted by atomic mass is 16.5. The molecule has 20 heavy (non-hydrogen) atoms.